The molecule has 1 aromatic heterocycles. The zero-order valence-corrected chi connectivity index (χ0v) is 16.5. The van der Waals surface area contributed by atoms with Crippen LogP contribution < -0.4 is 5.32 Å². The quantitative estimate of drug-likeness (QED) is 0.825. The lowest BCUT2D eigenvalue weighted by atomic mass is 10.0. The van der Waals surface area contributed by atoms with Gasteiger partial charge in [-0.2, -0.15) is 0 Å². The fourth-order valence-electron chi connectivity index (χ4n) is 2.94. The van der Waals surface area contributed by atoms with Gasteiger partial charge >= 0.3 is 0 Å². The summed E-state index contributed by atoms with van der Waals surface area (Å²) in [7, 11) is -3.22. The first-order chi connectivity index (χ1) is 11.8. The zero-order chi connectivity index (χ0) is 18.0. The van der Waals surface area contributed by atoms with E-state index in [1.165, 1.54) is 12.1 Å². The third-order valence-corrected chi connectivity index (χ3v) is 5.20. The van der Waals surface area contributed by atoms with Crippen LogP contribution in [0.15, 0.2) is 40.8 Å². The van der Waals surface area contributed by atoms with Crippen molar-refractivity contribution < 1.29 is 17.6 Å². The molecule has 9 heteroatoms. The number of sulfone groups is 1. The number of rotatable bonds is 4. The standard InChI is InChI=1S/C17H19ClN2O4S.ClH/c1-25(22,23)11-12-6-7-16(24-12)17(21)20-9-8-19-10-15(20)13-4-2-3-5-14(13)18;/h2-7,15,19H,8-11H2,1H3;1H. The third-order valence-electron chi connectivity index (χ3n) is 4.05. The van der Waals surface area contributed by atoms with Crippen molar-refractivity contribution in [2.24, 2.45) is 0 Å². The molecule has 142 valence electrons. The van der Waals surface area contributed by atoms with Crippen LogP contribution in [0.2, 0.25) is 5.02 Å². The van der Waals surface area contributed by atoms with Crippen molar-refractivity contribution in [1.29, 1.82) is 0 Å². The highest BCUT2D eigenvalue weighted by Gasteiger charge is 2.31. The highest BCUT2D eigenvalue weighted by molar-refractivity contribution is 7.89. The predicted molar refractivity (Wildman–Crippen MR) is 103 cm³/mol. The number of nitrogens with one attached hydrogen (secondary N) is 1. The van der Waals surface area contributed by atoms with Crippen molar-refractivity contribution in [3.8, 4) is 0 Å². The molecule has 1 atom stereocenters. The Kier molecular flexibility index (Phi) is 6.74. The van der Waals surface area contributed by atoms with E-state index in [0.717, 1.165) is 11.8 Å². The number of carbonyl (C=O) groups excluding carboxylic acids is 1. The Hall–Kier alpha value is -1.54. The second kappa shape index (κ2) is 8.43. The molecule has 1 fully saturated rings. The first kappa shape index (κ1) is 20.8. The molecule has 0 radical (unpaired) electrons. The Balaban J connectivity index is 0.00000243. The van der Waals surface area contributed by atoms with Gasteiger partial charge in [0.2, 0.25) is 0 Å². The summed E-state index contributed by atoms with van der Waals surface area (Å²) in [5, 5.41) is 3.87. The van der Waals surface area contributed by atoms with E-state index >= 15 is 0 Å². The molecule has 1 aromatic carbocycles. The highest BCUT2D eigenvalue weighted by Crippen LogP contribution is 2.30. The van der Waals surface area contributed by atoms with Gasteiger partial charge < -0.3 is 14.6 Å². The van der Waals surface area contributed by atoms with Crippen molar-refractivity contribution in [1.82, 2.24) is 10.2 Å². The summed E-state index contributed by atoms with van der Waals surface area (Å²) < 4.78 is 28.2. The molecule has 0 aliphatic carbocycles. The Morgan fingerprint density at radius 2 is 2.04 bits per heavy atom. The molecule has 1 N–H and O–H groups in total. The number of halogens is 2. The number of benzene rings is 1. The van der Waals surface area contributed by atoms with Gasteiger partial charge in [-0.3, -0.25) is 4.79 Å². The molecule has 1 amide bonds. The summed E-state index contributed by atoms with van der Waals surface area (Å²) in [5.74, 6) is -0.102. The van der Waals surface area contributed by atoms with E-state index in [4.69, 9.17) is 16.0 Å². The molecule has 6 nitrogen and oxygen atoms in total. The van der Waals surface area contributed by atoms with Crippen LogP contribution in [0, 0.1) is 0 Å². The summed E-state index contributed by atoms with van der Waals surface area (Å²) in [6.45, 7) is 1.77. The van der Waals surface area contributed by atoms with Gasteiger partial charge in [-0.15, -0.1) is 12.4 Å². The SMILES string of the molecule is CS(=O)(=O)Cc1ccc(C(=O)N2CCNCC2c2ccccc2Cl)o1.Cl. The summed E-state index contributed by atoms with van der Waals surface area (Å²) in [5.41, 5.74) is 0.868. The van der Waals surface area contributed by atoms with Gasteiger partial charge in [0.15, 0.2) is 15.6 Å². The first-order valence-electron chi connectivity index (χ1n) is 7.88. The topological polar surface area (TPSA) is 79.6 Å². The molecule has 26 heavy (non-hydrogen) atoms. The van der Waals surface area contributed by atoms with Gasteiger partial charge in [-0.25, -0.2) is 8.42 Å². The van der Waals surface area contributed by atoms with Crippen molar-refractivity contribution >= 4 is 39.8 Å². The molecule has 2 aromatic rings. The van der Waals surface area contributed by atoms with E-state index in [1.807, 2.05) is 18.2 Å². The second-order valence-corrected chi connectivity index (χ2v) is 8.62. The molecule has 1 aliphatic heterocycles. The monoisotopic (exact) mass is 418 g/mol. The van der Waals surface area contributed by atoms with Crippen LogP contribution in [0.1, 0.15) is 27.9 Å². The van der Waals surface area contributed by atoms with Gasteiger partial charge in [-0.05, 0) is 23.8 Å². The molecule has 1 unspecified atom stereocenters. The van der Waals surface area contributed by atoms with Gasteiger partial charge in [0.05, 0.1) is 6.04 Å². The average Bonchev–Trinajstić information content (AvgIpc) is 3.01. The van der Waals surface area contributed by atoms with Crippen LogP contribution in [0.25, 0.3) is 0 Å². The van der Waals surface area contributed by atoms with E-state index in [-0.39, 0.29) is 41.6 Å². The van der Waals surface area contributed by atoms with Crippen molar-refractivity contribution in [3.05, 3.63) is 58.5 Å². The second-order valence-electron chi connectivity index (χ2n) is 6.08. The number of hydrogen-bond donors (Lipinski definition) is 1. The maximum atomic E-state index is 12.9. The Bertz CT molecular complexity index is 882. The van der Waals surface area contributed by atoms with Crippen molar-refractivity contribution in [3.63, 3.8) is 0 Å². The highest BCUT2D eigenvalue weighted by atomic mass is 35.5. The number of amides is 1. The Labute approximate surface area is 163 Å². The predicted octanol–water partition coefficient (Wildman–Crippen LogP) is 2.69. The van der Waals surface area contributed by atoms with E-state index in [9.17, 15) is 13.2 Å². The van der Waals surface area contributed by atoms with Crippen LogP contribution in [0.4, 0.5) is 0 Å². The molecule has 0 spiro atoms. The number of piperazine rings is 1. The molecule has 1 saturated heterocycles. The van der Waals surface area contributed by atoms with Crippen LogP contribution in [0.5, 0.6) is 0 Å². The summed E-state index contributed by atoms with van der Waals surface area (Å²) in [4.78, 5) is 14.6. The largest absolute Gasteiger partial charge is 0.455 e. The Morgan fingerprint density at radius 3 is 2.73 bits per heavy atom. The average molecular weight is 419 g/mol. The minimum absolute atomic E-state index is 0. The summed E-state index contributed by atoms with van der Waals surface area (Å²) >= 11 is 6.29. The third kappa shape index (κ3) is 4.79. The lowest BCUT2D eigenvalue weighted by Gasteiger charge is -2.36. The maximum absolute atomic E-state index is 12.9. The van der Waals surface area contributed by atoms with E-state index in [1.54, 1.807) is 11.0 Å². The summed E-state index contributed by atoms with van der Waals surface area (Å²) in [6.07, 6.45) is 1.13. The van der Waals surface area contributed by atoms with E-state index < -0.39 is 9.84 Å². The molecular formula is C17H20Cl2N2O4S. The van der Waals surface area contributed by atoms with Crippen molar-refractivity contribution in [2.75, 3.05) is 25.9 Å². The van der Waals surface area contributed by atoms with Crippen LogP contribution in [-0.4, -0.2) is 45.1 Å². The molecular weight excluding hydrogens is 399 g/mol. The summed E-state index contributed by atoms with van der Waals surface area (Å²) in [6, 6.07) is 10.3. The van der Waals surface area contributed by atoms with Gasteiger partial charge in [-0.1, -0.05) is 29.8 Å². The number of carbonyl (C=O) groups is 1. The fraction of sp³-hybridized carbons (Fsp3) is 0.353. The van der Waals surface area contributed by atoms with Gasteiger partial charge in [0, 0.05) is 30.9 Å². The molecule has 3 rings (SSSR count). The van der Waals surface area contributed by atoms with Crippen molar-refractivity contribution in [2.45, 2.75) is 11.8 Å². The lowest BCUT2D eigenvalue weighted by Crippen LogP contribution is -2.48. The fourth-order valence-corrected chi connectivity index (χ4v) is 3.87. The van der Waals surface area contributed by atoms with E-state index in [2.05, 4.69) is 5.32 Å². The van der Waals surface area contributed by atoms with Gasteiger partial charge in [0.25, 0.3) is 5.91 Å². The maximum Gasteiger partial charge on any atom is 0.290 e. The van der Waals surface area contributed by atoms with Crippen LogP contribution >= 0.6 is 24.0 Å². The van der Waals surface area contributed by atoms with Crippen LogP contribution in [-0.2, 0) is 15.6 Å². The minimum Gasteiger partial charge on any atom is -0.455 e. The minimum atomic E-state index is -3.22. The number of furan rings is 1. The first-order valence-corrected chi connectivity index (χ1v) is 10.3. The number of nitrogens with zero attached hydrogens (tertiary/aromatic N) is 1. The molecule has 0 bridgehead atoms. The Morgan fingerprint density at radius 1 is 1.31 bits per heavy atom. The molecule has 1 aliphatic rings. The van der Waals surface area contributed by atoms with E-state index in [0.29, 0.717) is 24.7 Å². The number of hydrogen-bond acceptors (Lipinski definition) is 5. The van der Waals surface area contributed by atoms with Gasteiger partial charge in [0.1, 0.15) is 11.5 Å². The van der Waals surface area contributed by atoms with Crippen LogP contribution in [0.3, 0.4) is 0 Å². The lowest BCUT2D eigenvalue weighted by molar-refractivity contribution is 0.0600. The normalized spacial score (nSPS) is 17.6. The molecule has 0 saturated carbocycles. The zero-order valence-electron chi connectivity index (χ0n) is 14.1. The smallest absolute Gasteiger partial charge is 0.290 e. The molecule has 2 heterocycles.